The first-order valence-electron chi connectivity index (χ1n) is 3.70. The molecule has 0 bridgehead atoms. The first kappa shape index (κ1) is 10.9. The van der Waals surface area contributed by atoms with Crippen molar-refractivity contribution < 1.29 is 22.7 Å². The van der Waals surface area contributed by atoms with Crippen LogP contribution in [0.15, 0.2) is 6.07 Å². The molecule has 1 aromatic carbocycles. The lowest BCUT2D eigenvalue weighted by Crippen LogP contribution is -2.15. The second-order valence-corrected chi connectivity index (χ2v) is 2.64. The zero-order valence-electron chi connectivity index (χ0n) is 6.90. The average Bonchev–Trinajstić information content (AvgIpc) is 2.19. The lowest BCUT2D eigenvalue weighted by Gasteiger charge is -2.10. The Bertz CT molecular complexity index is 356. The Kier molecular flexibility index (Phi) is 3.07. The van der Waals surface area contributed by atoms with Crippen molar-refractivity contribution in [2.24, 2.45) is 5.73 Å². The fourth-order valence-electron chi connectivity index (χ4n) is 0.961. The maximum absolute atomic E-state index is 12.9. The van der Waals surface area contributed by atoms with Crippen molar-refractivity contribution >= 4 is 0 Å². The van der Waals surface area contributed by atoms with Crippen LogP contribution in [-0.4, -0.2) is 11.7 Å². The zero-order chi connectivity index (χ0) is 10.9. The van der Waals surface area contributed by atoms with Crippen LogP contribution in [0.4, 0.5) is 17.6 Å². The molecule has 3 N–H and O–H groups in total. The predicted molar refractivity (Wildman–Crippen MR) is 40.3 cm³/mol. The maximum atomic E-state index is 12.9. The van der Waals surface area contributed by atoms with Crippen molar-refractivity contribution in [3.8, 4) is 0 Å². The molecule has 0 fully saturated rings. The van der Waals surface area contributed by atoms with E-state index < -0.39 is 41.5 Å². The Morgan fingerprint density at radius 1 is 1.14 bits per heavy atom. The molecule has 0 saturated carbocycles. The van der Waals surface area contributed by atoms with Gasteiger partial charge in [-0.3, -0.25) is 0 Å². The summed E-state index contributed by atoms with van der Waals surface area (Å²) in [5, 5.41) is 9.03. The van der Waals surface area contributed by atoms with E-state index in [1.54, 1.807) is 0 Å². The minimum atomic E-state index is -1.95. The summed E-state index contributed by atoms with van der Waals surface area (Å²) in [5.74, 6) is -7.05. The third-order valence-corrected chi connectivity index (χ3v) is 1.71. The van der Waals surface area contributed by atoms with Crippen molar-refractivity contribution in [2.45, 2.75) is 6.10 Å². The molecule has 0 aromatic heterocycles. The van der Waals surface area contributed by atoms with E-state index in [1.165, 1.54) is 0 Å². The number of aliphatic hydroxyl groups excluding tert-OH is 1. The number of nitrogens with two attached hydrogens (primary N) is 1. The van der Waals surface area contributed by atoms with E-state index in [2.05, 4.69) is 0 Å². The molecule has 78 valence electrons. The molecular weight excluding hydrogens is 202 g/mol. The van der Waals surface area contributed by atoms with Crippen LogP contribution in [-0.2, 0) is 0 Å². The highest BCUT2D eigenvalue weighted by Crippen LogP contribution is 2.23. The Morgan fingerprint density at radius 2 is 1.71 bits per heavy atom. The van der Waals surface area contributed by atoms with Crippen LogP contribution in [0.3, 0.4) is 0 Å². The molecule has 6 heteroatoms. The Morgan fingerprint density at radius 3 is 2.21 bits per heavy atom. The van der Waals surface area contributed by atoms with Gasteiger partial charge in [-0.15, -0.1) is 0 Å². The summed E-state index contributed by atoms with van der Waals surface area (Å²) in [7, 11) is 0. The zero-order valence-corrected chi connectivity index (χ0v) is 6.90. The van der Waals surface area contributed by atoms with Gasteiger partial charge >= 0.3 is 0 Å². The van der Waals surface area contributed by atoms with E-state index in [0.29, 0.717) is 6.07 Å². The molecule has 14 heavy (non-hydrogen) atoms. The van der Waals surface area contributed by atoms with E-state index in [9.17, 15) is 17.6 Å². The molecule has 0 radical (unpaired) electrons. The Balaban J connectivity index is 3.33. The molecule has 1 rings (SSSR count). The summed E-state index contributed by atoms with van der Waals surface area (Å²) < 4.78 is 50.5. The van der Waals surface area contributed by atoms with Gasteiger partial charge in [0, 0.05) is 12.1 Å². The Hall–Kier alpha value is -1.14. The van der Waals surface area contributed by atoms with Crippen molar-refractivity contribution in [3.05, 3.63) is 34.9 Å². The number of halogens is 4. The summed E-state index contributed by atoms with van der Waals surface area (Å²) in [5.41, 5.74) is 4.27. The minimum absolute atomic E-state index is 0.380. The summed E-state index contributed by atoms with van der Waals surface area (Å²) in [6, 6.07) is 0.380. The fraction of sp³-hybridized carbons (Fsp3) is 0.250. The van der Waals surface area contributed by atoms with Gasteiger partial charge in [0.25, 0.3) is 0 Å². The summed E-state index contributed by atoms with van der Waals surface area (Å²) in [6.07, 6.45) is -1.56. The monoisotopic (exact) mass is 209 g/mol. The van der Waals surface area contributed by atoms with Crippen molar-refractivity contribution in [1.82, 2.24) is 0 Å². The highest BCUT2D eigenvalue weighted by molar-refractivity contribution is 5.23. The molecule has 0 amide bonds. The third kappa shape index (κ3) is 1.71. The number of hydrogen-bond acceptors (Lipinski definition) is 2. The van der Waals surface area contributed by atoms with E-state index in [1.807, 2.05) is 0 Å². The van der Waals surface area contributed by atoms with Crippen LogP contribution in [0.1, 0.15) is 11.7 Å². The molecule has 0 aliphatic carbocycles. The molecule has 0 saturated heterocycles. The normalized spacial score (nSPS) is 13.0. The maximum Gasteiger partial charge on any atom is 0.197 e. The standard InChI is InChI=1S/C8H7F4NO/c9-4-1-3(5(14)2-13)6(10)8(12)7(4)11/h1,5,14H,2,13H2/t5-/m0/s1. The molecule has 0 heterocycles. The van der Waals surface area contributed by atoms with E-state index in [-0.39, 0.29) is 0 Å². The SMILES string of the molecule is NC[C@H](O)c1cc(F)c(F)c(F)c1F. The van der Waals surface area contributed by atoms with Crippen LogP contribution in [0.5, 0.6) is 0 Å². The van der Waals surface area contributed by atoms with Crippen LogP contribution in [0.2, 0.25) is 0 Å². The highest BCUT2D eigenvalue weighted by atomic mass is 19.2. The topological polar surface area (TPSA) is 46.2 Å². The van der Waals surface area contributed by atoms with Gasteiger partial charge in [0.2, 0.25) is 0 Å². The molecular formula is C8H7F4NO. The van der Waals surface area contributed by atoms with Crippen LogP contribution >= 0.6 is 0 Å². The smallest absolute Gasteiger partial charge is 0.197 e. The number of rotatable bonds is 2. The molecule has 1 aromatic rings. The molecule has 0 unspecified atom stereocenters. The van der Waals surface area contributed by atoms with Gasteiger partial charge in [0.1, 0.15) is 0 Å². The fourth-order valence-corrected chi connectivity index (χ4v) is 0.961. The average molecular weight is 209 g/mol. The van der Waals surface area contributed by atoms with Gasteiger partial charge in [-0.2, -0.15) is 0 Å². The highest BCUT2D eigenvalue weighted by Gasteiger charge is 2.22. The molecule has 1 atom stereocenters. The van der Waals surface area contributed by atoms with E-state index in [4.69, 9.17) is 10.8 Å². The molecule has 0 spiro atoms. The molecule has 0 aliphatic heterocycles. The van der Waals surface area contributed by atoms with Gasteiger partial charge in [0.15, 0.2) is 23.3 Å². The summed E-state index contributed by atoms with van der Waals surface area (Å²) in [4.78, 5) is 0. The Labute approximate surface area is 77.0 Å². The van der Waals surface area contributed by atoms with Gasteiger partial charge in [0.05, 0.1) is 6.10 Å². The van der Waals surface area contributed by atoms with Gasteiger partial charge < -0.3 is 10.8 Å². The second kappa shape index (κ2) is 3.93. The van der Waals surface area contributed by atoms with Crippen LogP contribution in [0.25, 0.3) is 0 Å². The second-order valence-electron chi connectivity index (χ2n) is 2.64. The number of aliphatic hydroxyl groups is 1. The van der Waals surface area contributed by atoms with E-state index >= 15 is 0 Å². The largest absolute Gasteiger partial charge is 0.387 e. The van der Waals surface area contributed by atoms with Crippen LogP contribution < -0.4 is 5.73 Å². The summed E-state index contributed by atoms with van der Waals surface area (Å²) in [6.45, 7) is -0.415. The lowest BCUT2D eigenvalue weighted by atomic mass is 10.1. The molecule has 2 nitrogen and oxygen atoms in total. The van der Waals surface area contributed by atoms with Gasteiger partial charge in [-0.1, -0.05) is 0 Å². The first-order chi connectivity index (χ1) is 6.49. The van der Waals surface area contributed by atoms with Crippen molar-refractivity contribution in [2.75, 3.05) is 6.54 Å². The predicted octanol–water partition coefficient (Wildman–Crippen LogP) is 1.24. The van der Waals surface area contributed by atoms with Crippen LogP contribution in [0, 0.1) is 23.3 Å². The lowest BCUT2D eigenvalue weighted by molar-refractivity contribution is 0.179. The first-order valence-corrected chi connectivity index (χ1v) is 3.70. The van der Waals surface area contributed by atoms with E-state index in [0.717, 1.165) is 0 Å². The van der Waals surface area contributed by atoms with Crippen molar-refractivity contribution in [3.63, 3.8) is 0 Å². The van der Waals surface area contributed by atoms with Gasteiger partial charge in [-0.25, -0.2) is 17.6 Å². The summed E-state index contributed by atoms with van der Waals surface area (Å²) >= 11 is 0. The quantitative estimate of drug-likeness (QED) is 0.437. The minimum Gasteiger partial charge on any atom is -0.387 e. The van der Waals surface area contributed by atoms with Gasteiger partial charge in [-0.05, 0) is 6.07 Å². The molecule has 0 aliphatic rings. The number of benzene rings is 1. The third-order valence-electron chi connectivity index (χ3n) is 1.71. The van der Waals surface area contributed by atoms with Crippen molar-refractivity contribution in [1.29, 1.82) is 0 Å². The number of hydrogen-bond donors (Lipinski definition) is 2.